The van der Waals surface area contributed by atoms with Crippen LogP contribution in [0.15, 0.2) is 53.0 Å². The second-order valence-corrected chi connectivity index (χ2v) is 4.79. The van der Waals surface area contributed by atoms with Crippen LogP contribution in [0.2, 0.25) is 0 Å². The Morgan fingerprint density at radius 3 is 2.53 bits per heavy atom. The van der Waals surface area contributed by atoms with E-state index in [9.17, 15) is 4.79 Å². The van der Waals surface area contributed by atoms with Gasteiger partial charge in [0.1, 0.15) is 6.61 Å². The first kappa shape index (κ1) is 13.6. The molecule has 2 aromatic rings. The first-order valence-corrected chi connectivity index (χ1v) is 6.60. The molecule has 0 amide bonds. The molecule has 0 aliphatic heterocycles. The van der Waals surface area contributed by atoms with Crippen molar-refractivity contribution in [3.63, 3.8) is 0 Å². The molecule has 0 unspecified atom stereocenters. The van der Waals surface area contributed by atoms with E-state index in [1.165, 1.54) is 6.92 Å². The number of carbonyl (C=O) groups excluding carboxylic acids is 1. The number of hydrogen-bond donors (Lipinski definition) is 0. The first-order chi connectivity index (χ1) is 9.16. The van der Waals surface area contributed by atoms with E-state index < -0.39 is 0 Å². The molecular formula is C15H13BrO3. The van der Waals surface area contributed by atoms with Crippen molar-refractivity contribution >= 4 is 21.9 Å². The Labute approximate surface area is 120 Å². The fraction of sp³-hybridized carbons (Fsp3) is 0.133. The van der Waals surface area contributed by atoms with Crippen LogP contribution in [-0.4, -0.2) is 5.97 Å². The second-order valence-electron chi connectivity index (χ2n) is 3.94. The molecule has 0 radical (unpaired) electrons. The molecule has 0 aliphatic carbocycles. The average molecular weight is 321 g/mol. The summed E-state index contributed by atoms with van der Waals surface area (Å²) in [5.41, 5.74) is 1.05. The third kappa shape index (κ3) is 3.83. The summed E-state index contributed by atoms with van der Waals surface area (Å²) < 4.78 is 11.6. The van der Waals surface area contributed by atoms with Crippen LogP contribution in [0.25, 0.3) is 0 Å². The summed E-state index contributed by atoms with van der Waals surface area (Å²) in [6.45, 7) is 1.78. The van der Waals surface area contributed by atoms with Gasteiger partial charge in [0, 0.05) is 6.92 Å². The predicted molar refractivity (Wildman–Crippen MR) is 76.2 cm³/mol. The van der Waals surface area contributed by atoms with Gasteiger partial charge in [-0.2, -0.15) is 0 Å². The zero-order valence-electron chi connectivity index (χ0n) is 10.4. The highest BCUT2D eigenvalue weighted by molar-refractivity contribution is 9.10. The highest BCUT2D eigenvalue weighted by atomic mass is 79.9. The van der Waals surface area contributed by atoms with E-state index in [0.717, 1.165) is 10.0 Å². The molecule has 19 heavy (non-hydrogen) atoms. The summed E-state index contributed by atoms with van der Waals surface area (Å²) in [4.78, 5) is 11.1. The van der Waals surface area contributed by atoms with Gasteiger partial charge in [0.15, 0.2) is 11.5 Å². The first-order valence-electron chi connectivity index (χ1n) is 5.80. The molecule has 0 saturated carbocycles. The number of para-hydroxylation sites is 1. The van der Waals surface area contributed by atoms with Crippen LogP contribution < -0.4 is 9.47 Å². The third-order valence-electron chi connectivity index (χ3n) is 2.41. The lowest BCUT2D eigenvalue weighted by molar-refractivity contribution is -0.132. The molecule has 0 aliphatic rings. The molecule has 0 aromatic heterocycles. The fourth-order valence-electron chi connectivity index (χ4n) is 1.59. The van der Waals surface area contributed by atoms with Gasteiger partial charge in [0.2, 0.25) is 0 Å². The van der Waals surface area contributed by atoms with E-state index >= 15 is 0 Å². The summed E-state index contributed by atoms with van der Waals surface area (Å²) in [6, 6.07) is 15.1. The quantitative estimate of drug-likeness (QED) is 0.632. The Kier molecular flexibility index (Phi) is 4.58. The summed E-state index contributed by atoms with van der Waals surface area (Å²) in [5, 5.41) is 0. The summed E-state index contributed by atoms with van der Waals surface area (Å²) in [5.74, 6) is 0.571. The molecule has 3 nitrogen and oxygen atoms in total. The van der Waals surface area contributed by atoms with Crippen LogP contribution in [0.3, 0.4) is 0 Å². The van der Waals surface area contributed by atoms with Crippen LogP contribution in [0.5, 0.6) is 11.5 Å². The van der Waals surface area contributed by atoms with E-state index in [1.807, 2.05) is 36.4 Å². The minimum Gasteiger partial charge on any atom is -0.484 e. The van der Waals surface area contributed by atoms with Crippen molar-refractivity contribution in [3.8, 4) is 11.5 Å². The predicted octanol–water partition coefficient (Wildman–Crippen LogP) is 3.95. The van der Waals surface area contributed by atoms with E-state index in [1.54, 1.807) is 12.1 Å². The summed E-state index contributed by atoms with van der Waals surface area (Å²) >= 11 is 3.39. The molecule has 0 heterocycles. The fourth-order valence-corrected chi connectivity index (χ4v) is 2.06. The maximum absolute atomic E-state index is 11.1. The lowest BCUT2D eigenvalue weighted by atomic mass is 10.2. The van der Waals surface area contributed by atoms with E-state index in [2.05, 4.69) is 15.9 Å². The Hall–Kier alpha value is -1.81. The van der Waals surface area contributed by atoms with Gasteiger partial charge >= 0.3 is 5.97 Å². The lowest BCUT2D eigenvalue weighted by Gasteiger charge is -2.12. The lowest BCUT2D eigenvalue weighted by Crippen LogP contribution is -2.04. The molecule has 2 rings (SSSR count). The van der Waals surface area contributed by atoms with Crippen molar-refractivity contribution < 1.29 is 14.3 Å². The van der Waals surface area contributed by atoms with Crippen molar-refractivity contribution in [2.45, 2.75) is 13.5 Å². The van der Waals surface area contributed by atoms with Gasteiger partial charge in [-0.25, -0.2) is 0 Å². The minimum atomic E-state index is -0.373. The Morgan fingerprint density at radius 1 is 1.11 bits per heavy atom. The maximum Gasteiger partial charge on any atom is 0.308 e. The molecule has 98 valence electrons. The monoisotopic (exact) mass is 320 g/mol. The molecule has 0 bridgehead atoms. The SMILES string of the molecule is CC(=O)Oc1cccc(Br)c1OCc1ccccc1. The highest BCUT2D eigenvalue weighted by Gasteiger charge is 2.11. The maximum atomic E-state index is 11.1. The standard InChI is InChI=1S/C15H13BrO3/c1-11(17)19-14-9-5-8-13(16)15(14)18-10-12-6-3-2-4-7-12/h2-9H,10H2,1H3. The highest BCUT2D eigenvalue weighted by Crippen LogP contribution is 2.35. The number of rotatable bonds is 4. The Balaban J connectivity index is 2.17. The number of ether oxygens (including phenoxy) is 2. The molecule has 2 aromatic carbocycles. The second kappa shape index (κ2) is 6.38. The Bertz CT molecular complexity index is 567. The number of benzene rings is 2. The van der Waals surface area contributed by atoms with Crippen molar-refractivity contribution in [2.75, 3.05) is 0 Å². The van der Waals surface area contributed by atoms with Gasteiger partial charge < -0.3 is 9.47 Å². The largest absolute Gasteiger partial charge is 0.484 e. The van der Waals surface area contributed by atoms with Gasteiger partial charge in [-0.1, -0.05) is 36.4 Å². The molecule has 0 atom stereocenters. The van der Waals surface area contributed by atoms with Crippen LogP contribution in [0.4, 0.5) is 0 Å². The van der Waals surface area contributed by atoms with Gasteiger partial charge in [0.05, 0.1) is 4.47 Å². The molecule has 0 saturated heterocycles. The summed E-state index contributed by atoms with van der Waals surface area (Å²) in [7, 11) is 0. The number of halogens is 1. The summed E-state index contributed by atoms with van der Waals surface area (Å²) in [6.07, 6.45) is 0. The van der Waals surface area contributed by atoms with Crippen LogP contribution in [-0.2, 0) is 11.4 Å². The van der Waals surface area contributed by atoms with Crippen molar-refractivity contribution in [3.05, 3.63) is 58.6 Å². The average Bonchev–Trinajstić information content (AvgIpc) is 2.38. The zero-order valence-corrected chi connectivity index (χ0v) is 12.0. The van der Waals surface area contributed by atoms with Gasteiger partial charge in [0.25, 0.3) is 0 Å². The van der Waals surface area contributed by atoms with Crippen LogP contribution in [0.1, 0.15) is 12.5 Å². The smallest absolute Gasteiger partial charge is 0.308 e. The van der Waals surface area contributed by atoms with E-state index in [-0.39, 0.29) is 5.97 Å². The van der Waals surface area contributed by atoms with Gasteiger partial charge in [-0.3, -0.25) is 4.79 Å². The Morgan fingerprint density at radius 2 is 1.84 bits per heavy atom. The van der Waals surface area contributed by atoms with Crippen molar-refractivity contribution in [1.29, 1.82) is 0 Å². The topological polar surface area (TPSA) is 35.5 Å². The number of esters is 1. The van der Waals surface area contributed by atoms with Gasteiger partial charge in [-0.15, -0.1) is 0 Å². The van der Waals surface area contributed by atoms with E-state index in [4.69, 9.17) is 9.47 Å². The van der Waals surface area contributed by atoms with Crippen LogP contribution >= 0.6 is 15.9 Å². The zero-order chi connectivity index (χ0) is 13.7. The molecule has 0 spiro atoms. The molecule has 0 N–H and O–H groups in total. The molecular weight excluding hydrogens is 308 g/mol. The number of hydrogen-bond acceptors (Lipinski definition) is 3. The van der Waals surface area contributed by atoms with Crippen molar-refractivity contribution in [1.82, 2.24) is 0 Å². The van der Waals surface area contributed by atoms with Gasteiger partial charge in [-0.05, 0) is 33.6 Å². The van der Waals surface area contributed by atoms with E-state index in [0.29, 0.717) is 18.1 Å². The molecule has 0 fully saturated rings. The minimum absolute atomic E-state index is 0.373. The third-order valence-corrected chi connectivity index (χ3v) is 3.03. The van der Waals surface area contributed by atoms with Crippen LogP contribution in [0, 0.1) is 0 Å². The number of carbonyl (C=O) groups is 1. The normalized spacial score (nSPS) is 10.0. The van der Waals surface area contributed by atoms with Crippen molar-refractivity contribution in [2.24, 2.45) is 0 Å². The molecule has 4 heteroatoms.